The molecule has 0 atom stereocenters. The van der Waals surface area contributed by atoms with Crippen molar-refractivity contribution >= 4 is 62.3 Å². The first-order valence-corrected chi connectivity index (χ1v) is 11.8. The molecule has 0 unspecified atom stereocenters. The molecule has 2 aromatic heterocycles. The van der Waals surface area contributed by atoms with Crippen molar-refractivity contribution in [2.75, 3.05) is 43.8 Å². The van der Waals surface area contributed by atoms with Crippen LogP contribution in [0, 0.1) is 0 Å². The predicted molar refractivity (Wildman–Crippen MR) is 123 cm³/mol. The number of rotatable bonds is 6. The van der Waals surface area contributed by atoms with Crippen molar-refractivity contribution in [2.45, 2.75) is 18.0 Å². The molecule has 3 aromatic rings. The van der Waals surface area contributed by atoms with E-state index in [9.17, 15) is 4.79 Å². The van der Waals surface area contributed by atoms with Gasteiger partial charge in [0.05, 0.1) is 35.2 Å². The van der Waals surface area contributed by atoms with Gasteiger partial charge in [-0.15, -0.1) is 11.3 Å². The number of thiophene rings is 1. The van der Waals surface area contributed by atoms with Crippen LogP contribution in [-0.2, 0) is 0 Å². The minimum atomic E-state index is -0.251. The highest BCUT2D eigenvalue weighted by Crippen LogP contribution is 2.38. The first kappa shape index (κ1) is 21.0. The van der Waals surface area contributed by atoms with Gasteiger partial charge in [-0.25, -0.2) is 9.97 Å². The van der Waals surface area contributed by atoms with Crippen LogP contribution in [0.3, 0.4) is 0 Å². The SMILES string of the molecule is COc1cc(NC(=O)c2cc3c(N4CCCC4)nc(SC)nc3s2)c(OC)cc1Cl. The zero-order chi connectivity index (χ0) is 21.3. The number of amides is 1. The minimum Gasteiger partial charge on any atom is -0.495 e. The molecule has 0 saturated carbocycles. The summed E-state index contributed by atoms with van der Waals surface area (Å²) in [6.45, 7) is 1.94. The van der Waals surface area contributed by atoms with E-state index in [1.54, 1.807) is 12.1 Å². The van der Waals surface area contributed by atoms with Gasteiger partial charge in [-0.3, -0.25) is 4.79 Å². The van der Waals surface area contributed by atoms with Crippen molar-refractivity contribution in [2.24, 2.45) is 0 Å². The minimum absolute atomic E-state index is 0.251. The summed E-state index contributed by atoms with van der Waals surface area (Å²) in [6.07, 6.45) is 4.25. The Balaban J connectivity index is 1.70. The van der Waals surface area contributed by atoms with Crippen LogP contribution in [0.15, 0.2) is 23.4 Å². The molecule has 1 aliphatic heterocycles. The molecule has 0 spiro atoms. The highest BCUT2D eigenvalue weighted by Gasteiger charge is 2.22. The number of anilines is 2. The van der Waals surface area contributed by atoms with Gasteiger partial charge >= 0.3 is 0 Å². The highest BCUT2D eigenvalue weighted by atomic mass is 35.5. The van der Waals surface area contributed by atoms with Crippen LogP contribution >= 0.6 is 34.7 Å². The van der Waals surface area contributed by atoms with E-state index in [0.717, 1.165) is 42.0 Å². The van der Waals surface area contributed by atoms with Crippen LogP contribution in [0.4, 0.5) is 11.5 Å². The van der Waals surface area contributed by atoms with Crippen molar-refractivity contribution in [3.8, 4) is 11.5 Å². The summed E-state index contributed by atoms with van der Waals surface area (Å²) in [5.41, 5.74) is 0.483. The number of hydrogen-bond acceptors (Lipinski definition) is 8. The van der Waals surface area contributed by atoms with Gasteiger partial charge in [0, 0.05) is 25.2 Å². The molecule has 4 rings (SSSR count). The third-order valence-corrected chi connectivity index (χ3v) is 6.76. The van der Waals surface area contributed by atoms with Gasteiger partial charge in [0.25, 0.3) is 5.91 Å². The van der Waals surface area contributed by atoms with E-state index in [4.69, 9.17) is 26.1 Å². The van der Waals surface area contributed by atoms with E-state index >= 15 is 0 Å². The topological polar surface area (TPSA) is 76.6 Å². The van der Waals surface area contributed by atoms with Crippen molar-refractivity contribution < 1.29 is 14.3 Å². The van der Waals surface area contributed by atoms with Gasteiger partial charge in [0.1, 0.15) is 22.1 Å². The number of hydrogen-bond donors (Lipinski definition) is 1. The van der Waals surface area contributed by atoms with E-state index in [-0.39, 0.29) is 5.91 Å². The second-order valence-electron chi connectivity index (χ2n) is 6.70. The van der Waals surface area contributed by atoms with Crippen molar-refractivity contribution in [1.29, 1.82) is 0 Å². The fraction of sp³-hybridized carbons (Fsp3) is 0.350. The molecule has 1 aliphatic rings. The molecular formula is C20H21ClN4O3S2. The number of nitrogens with zero attached hydrogens (tertiary/aromatic N) is 3. The summed E-state index contributed by atoms with van der Waals surface area (Å²) in [5, 5.41) is 4.92. The molecule has 0 radical (unpaired) electrons. The number of aromatic nitrogens is 2. The lowest BCUT2D eigenvalue weighted by molar-refractivity contribution is 0.103. The first-order valence-electron chi connectivity index (χ1n) is 9.37. The maximum absolute atomic E-state index is 13.0. The number of carbonyl (C=O) groups is 1. The highest BCUT2D eigenvalue weighted by molar-refractivity contribution is 7.98. The largest absolute Gasteiger partial charge is 0.495 e. The van der Waals surface area contributed by atoms with Crippen molar-refractivity contribution in [3.05, 3.63) is 28.1 Å². The molecule has 1 amide bonds. The van der Waals surface area contributed by atoms with Crippen LogP contribution in [0.2, 0.25) is 5.02 Å². The molecule has 10 heteroatoms. The fourth-order valence-electron chi connectivity index (χ4n) is 3.40. The molecule has 1 aromatic carbocycles. The standard InChI is InChI=1S/C20H21ClN4O3S2/c1-27-14-10-13(15(28-2)9-12(14)21)22-18(26)16-8-11-17(25-6-4-5-7-25)23-20(29-3)24-19(11)30-16/h8-10H,4-7H2,1-3H3,(H,22,26). The maximum Gasteiger partial charge on any atom is 0.265 e. The normalized spacial score (nSPS) is 13.7. The molecule has 1 saturated heterocycles. The van der Waals surface area contributed by atoms with Crippen LogP contribution in [0.25, 0.3) is 10.2 Å². The van der Waals surface area contributed by atoms with Gasteiger partial charge in [-0.05, 0) is 25.2 Å². The molecule has 3 heterocycles. The van der Waals surface area contributed by atoms with Gasteiger partial charge < -0.3 is 19.7 Å². The summed E-state index contributed by atoms with van der Waals surface area (Å²) >= 11 is 9.01. The lowest BCUT2D eigenvalue weighted by Gasteiger charge is -2.17. The average molecular weight is 465 g/mol. The maximum atomic E-state index is 13.0. The Morgan fingerprint density at radius 2 is 1.90 bits per heavy atom. The summed E-state index contributed by atoms with van der Waals surface area (Å²) in [6, 6.07) is 5.13. The molecule has 1 fully saturated rings. The summed E-state index contributed by atoms with van der Waals surface area (Å²) in [7, 11) is 3.04. The monoisotopic (exact) mass is 464 g/mol. The van der Waals surface area contributed by atoms with Gasteiger partial charge in [0.2, 0.25) is 0 Å². The van der Waals surface area contributed by atoms with Crippen LogP contribution in [-0.4, -0.2) is 49.4 Å². The summed E-state index contributed by atoms with van der Waals surface area (Å²) < 4.78 is 10.6. The van der Waals surface area contributed by atoms with E-state index in [0.29, 0.717) is 32.2 Å². The van der Waals surface area contributed by atoms with E-state index in [1.807, 2.05) is 12.3 Å². The third kappa shape index (κ3) is 4.01. The number of benzene rings is 1. The molecule has 1 N–H and O–H groups in total. The van der Waals surface area contributed by atoms with Gasteiger partial charge in [0.15, 0.2) is 5.16 Å². The quantitative estimate of drug-likeness (QED) is 0.409. The zero-order valence-corrected chi connectivity index (χ0v) is 19.2. The molecule has 7 nitrogen and oxygen atoms in total. The van der Waals surface area contributed by atoms with Crippen molar-refractivity contribution in [3.63, 3.8) is 0 Å². The lowest BCUT2D eigenvalue weighted by atomic mass is 10.2. The number of fused-ring (bicyclic) bond motifs is 1. The van der Waals surface area contributed by atoms with Crippen LogP contribution < -0.4 is 19.7 Å². The Kier molecular flexibility index (Phi) is 6.21. The number of methoxy groups -OCH3 is 2. The number of thioether (sulfide) groups is 1. The first-order chi connectivity index (χ1) is 14.5. The Morgan fingerprint density at radius 3 is 2.57 bits per heavy atom. The van der Waals surface area contributed by atoms with Crippen LogP contribution in [0.5, 0.6) is 11.5 Å². The third-order valence-electron chi connectivity index (χ3n) is 4.89. The molecule has 30 heavy (non-hydrogen) atoms. The molecule has 0 aliphatic carbocycles. The zero-order valence-electron chi connectivity index (χ0n) is 16.8. The van der Waals surface area contributed by atoms with Gasteiger partial charge in [-0.2, -0.15) is 0 Å². The average Bonchev–Trinajstić information content (AvgIpc) is 3.43. The number of halogens is 1. The Hall–Kier alpha value is -2.23. The molecular weight excluding hydrogens is 444 g/mol. The Labute approximate surface area is 187 Å². The van der Waals surface area contributed by atoms with E-state index < -0.39 is 0 Å². The fourth-order valence-corrected chi connectivity index (χ4v) is 4.97. The second-order valence-corrected chi connectivity index (χ2v) is 8.91. The van der Waals surface area contributed by atoms with Crippen molar-refractivity contribution in [1.82, 2.24) is 9.97 Å². The predicted octanol–water partition coefficient (Wildman–Crippen LogP) is 4.94. The Bertz CT molecular complexity index is 1100. The number of ether oxygens (including phenoxy) is 2. The lowest BCUT2D eigenvalue weighted by Crippen LogP contribution is -2.19. The van der Waals surface area contributed by atoms with E-state index in [2.05, 4.69) is 15.2 Å². The molecule has 158 valence electrons. The summed E-state index contributed by atoms with van der Waals surface area (Å²) in [4.78, 5) is 26.0. The number of nitrogens with one attached hydrogen (secondary N) is 1. The van der Waals surface area contributed by atoms with Gasteiger partial charge in [-0.1, -0.05) is 23.4 Å². The number of carbonyl (C=O) groups excluding carboxylic acids is 1. The van der Waals surface area contributed by atoms with E-state index in [1.165, 1.54) is 37.3 Å². The smallest absolute Gasteiger partial charge is 0.265 e. The molecule has 0 bridgehead atoms. The summed E-state index contributed by atoms with van der Waals surface area (Å²) in [5.74, 6) is 1.56. The second kappa shape index (κ2) is 8.87. The Morgan fingerprint density at radius 1 is 1.17 bits per heavy atom. The van der Waals surface area contributed by atoms with Crippen LogP contribution in [0.1, 0.15) is 22.5 Å².